The Morgan fingerprint density at radius 2 is 1.52 bits per heavy atom. The zero-order chi connectivity index (χ0) is 21.0. The molecular formula is C18H14Br2N4O3S2. The number of anilines is 3. The minimum absolute atomic E-state index is 0.244. The van der Waals surface area contributed by atoms with Gasteiger partial charge in [0, 0.05) is 20.3 Å². The molecule has 0 atom stereocenters. The molecule has 3 aromatic carbocycles. The number of hydrogen-bond donors (Lipinski definition) is 3. The first-order chi connectivity index (χ1) is 13.8. The largest absolute Gasteiger partial charge is 0.399 e. The average Bonchev–Trinajstić information content (AvgIpc) is 3.18. The third-order valence-corrected chi connectivity index (χ3v) is 6.36. The predicted octanol–water partition coefficient (Wildman–Crippen LogP) is 5.48. The Bertz CT molecular complexity index is 1210. The molecule has 0 amide bonds. The molecule has 29 heavy (non-hydrogen) atoms. The second kappa shape index (κ2) is 9.18. The van der Waals surface area contributed by atoms with Crippen LogP contribution in [0.5, 0.6) is 0 Å². The second-order valence-corrected chi connectivity index (χ2v) is 9.34. The predicted molar refractivity (Wildman–Crippen MR) is 123 cm³/mol. The van der Waals surface area contributed by atoms with Crippen molar-refractivity contribution in [3.8, 4) is 0 Å². The highest BCUT2D eigenvalue weighted by molar-refractivity contribution is 9.11. The van der Waals surface area contributed by atoms with Gasteiger partial charge in [0.1, 0.15) is 15.9 Å². The molecule has 0 unspecified atom stereocenters. The molecular weight excluding hydrogens is 544 g/mol. The van der Waals surface area contributed by atoms with Crippen molar-refractivity contribution in [2.45, 2.75) is 4.90 Å². The van der Waals surface area contributed by atoms with E-state index >= 15 is 0 Å². The lowest BCUT2D eigenvalue weighted by Crippen LogP contribution is -2.04. The monoisotopic (exact) mass is 556 g/mol. The van der Waals surface area contributed by atoms with Crippen LogP contribution in [0, 0.1) is 0 Å². The Hall–Kier alpha value is -2.05. The number of hydrogen-bond acceptors (Lipinski definition) is 7. The number of aromatic nitrogens is 2. The van der Waals surface area contributed by atoms with Gasteiger partial charge in [-0.25, -0.2) is 0 Å². The molecule has 7 nitrogen and oxygen atoms in total. The quantitative estimate of drug-likeness (QED) is 0.225. The number of fused-ring (bicyclic) bond motifs is 1. The average molecular weight is 558 g/mol. The lowest BCUT2D eigenvalue weighted by Gasteiger charge is -2.10. The van der Waals surface area contributed by atoms with Crippen LogP contribution < -0.4 is 11.1 Å². The number of nitrogens with zero attached hydrogens (tertiary/aromatic N) is 2. The summed E-state index contributed by atoms with van der Waals surface area (Å²) in [5, 5.41) is 2.91. The third kappa shape index (κ3) is 5.52. The van der Waals surface area contributed by atoms with Gasteiger partial charge < -0.3 is 11.1 Å². The van der Waals surface area contributed by atoms with Crippen LogP contribution in [0.4, 0.5) is 17.1 Å². The van der Waals surface area contributed by atoms with E-state index < -0.39 is 10.1 Å². The summed E-state index contributed by atoms with van der Waals surface area (Å²) in [4.78, 5) is -0.244. The van der Waals surface area contributed by atoms with E-state index in [0.717, 1.165) is 20.0 Å². The van der Waals surface area contributed by atoms with E-state index in [1.54, 1.807) is 18.2 Å². The maximum atomic E-state index is 11.3. The molecule has 0 fully saturated rings. The van der Waals surface area contributed by atoms with Gasteiger partial charge in [-0.05, 0) is 74.3 Å². The lowest BCUT2D eigenvalue weighted by molar-refractivity contribution is 0.483. The van der Waals surface area contributed by atoms with Crippen molar-refractivity contribution < 1.29 is 13.0 Å². The van der Waals surface area contributed by atoms with E-state index in [2.05, 4.69) is 45.9 Å². The highest BCUT2D eigenvalue weighted by Crippen LogP contribution is 2.28. The summed E-state index contributed by atoms with van der Waals surface area (Å²) in [6, 6.07) is 17.2. The zero-order valence-electron chi connectivity index (χ0n) is 14.6. The molecule has 150 valence electrons. The number of para-hydroxylation sites is 1. The Morgan fingerprint density at radius 3 is 2.07 bits per heavy atom. The van der Waals surface area contributed by atoms with Gasteiger partial charge in [0.25, 0.3) is 10.1 Å². The molecule has 0 aliphatic carbocycles. The van der Waals surface area contributed by atoms with E-state index in [1.807, 2.05) is 30.3 Å². The van der Waals surface area contributed by atoms with Gasteiger partial charge in [0.15, 0.2) is 0 Å². The van der Waals surface area contributed by atoms with Crippen molar-refractivity contribution in [2.75, 3.05) is 11.1 Å². The van der Waals surface area contributed by atoms with Crippen LogP contribution in [0.3, 0.4) is 0 Å². The number of halogens is 2. The summed E-state index contributed by atoms with van der Waals surface area (Å²) in [6.45, 7) is 0. The summed E-state index contributed by atoms with van der Waals surface area (Å²) in [6.07, 6.45) is 0. The molecule has 0 saturated carbocycles. The summed E-state index contributed by atoms with van der Waals surface area (Å²) in [7, 11) is -4.32. The maximum Gasteiger partial charge on any atom is 0.296 e. The Morgan fingerprint density at radius 1 is 0.931 bits per heavy atom. The van der Waals surface area contributed by atoms with Crippen LogP contribution >= 0.6 is 43.6 Å². The molecule has 1 aromatic heterocycles. The van der Waals surface area contributed by atoms with Crippen molar-refractivity contribution in [3.63, 3.8) is 0 Å². The first kappa shape index (κ1) is 21.7. The van der Waals surface area contributed by atoms with Crippen LogP contribution in [0.2, 0.25) is 0 Å². The maximum absolute atomic E-state index is 11.3. The summed E-state index contributed by atoms with van der Waals surface area (Å²) in [5.74, 6) is 0. The Kier molecular flexibility index (Phi) is 6.85. The molecule has 0 aliphatic heterocycles. The zero-order valence-corrected chi connectivity index (χ0v) is 19.4. The van der Waals surface area contributed by atoms with E-state index in [-0.39, 0.29) is 16.3 Å². The molecule has 0 bridgehead atoms. The first-order valence-electron chi connectivity index (χ1n) is 8.01. The van der Waals surface area contributed by atoms with Crippen LogP contribution in [-0.4, -0.2) is 21.7 Å². The van der Waals surface area contributed by atoms with E-state index in [1.165, 1.54) is 23.9 Å². The van der Waals surface area contributed by atoms with Crippen LogP contribution in [0.15, 0.2) is 74.5 Å². The van der Waals surface area contributed by atoms with E-state index in [9.17, 15) is 8.42 Å². The molecule has 4 N–H and O–H groups in total. The topological polar surface area (TPSA) is 118 Å². The fourth-order valence-electron chi connectivity index (χ4n) is 2.34. The molecule has 4 rings (SSSR count). The second-order valence-electron chi connectivity index (χ2n) is 5.71. The van der Waals surface area contributed by atoms with Crippen molar-refractivity contribution in [3.05, 3.63) is 69.6 Å². The van der Waals surface area contributed by atoms with Crippen LogP contribution in [0.25, 0.3) is 11.0 Å². The summed E-state index contributed by atoms with van der Waals surface area (Å²) >= 11 is 8.01. The molecule has 0 radical (unpaired) electrons. The van der Waals surface area contributed by atoms with Gasteiger partial charge in [-0.1, -0.05) is 18.2 Å². The SMILES string of the molecule is Brc1ccc(Br)c2nsnc12.Nc1ccc(Nc2ccccc2)c(S(=O)(=O)O)c1. The Labute approximate surface area is 188 Å². The van der Waals surface area contributed by atoms with Crippen molar-refractivity contribution >= 4 is 81.8 Å². The van der Waals surface area contributed by atoms with Gasteiger partial charge in [-0.2, -0.15) is 17.2 Å². The number of rotatable bonds is 3. The van der Waals surface area contributed by atoms with Crippen LogP contribution in [0.1, 0.15) is 0 Å². The van der Waals surface area contributed by atoms with Crippen LogP contribution in [-0.2, 0) is 10.1 Å². The molecule has 0 aliphatic rings. The minimum atomic E-state index is -4.32. The molecule has 4 aromatic rings. The smallest absolute Gasteiger partial charge is 0.296 e. The summed E-state index contributed by atoms with van der Waals surface area (Å²) < 4.78 is 41.9. The molecule has 0 spiro atoms. The third-order valence-electron chi connectivity index (χ3n) is 3.65. The van der Waals surface area contributed by atoms with E-state index in [4.69, 9.17) is 10.3 Å². The van der Waals surface area contributed by atoms with Crippen molar-refractivity contribution in [1.29, 1.82) is 0 Å². The highest BCUT2D eigenvalue weighted by Gasteiger charge is 2.16. The van der Waals surface area contributed by atoms with Gasteiger partial charge in [0.05, 0.1) is 17.4 Å². The number of nitrogen functional groups attached to an aromatic ring is 1. The molecule has 11 heteroatoms. The normalized spacial score (nSPS) is 11.0. The van der Waals surface area contributed by atoms with Gasteiger partial charge in [0.2, 0.25) is 0 Å². The standard InChI is InChI=1S/C12H12N2O3S.C6H2Br2N2S/c13-9-6-7-11(12(8-9)18(15,16)17)14-10-4-2-1-3-5-10;7-3-1-2-4(8)6-5(3)9-11-10-6/h1-8,14H,13H2,(H,15,16,17);1-2H. The lowest BCUT2D eigenvalue weighted by atomic mass is 10.2. The number of nitrogens with two attached hydrogens (primary N) is 1. The summed E-state index contributed by atoms with van der Waals surface area (Å²) in [5.41, 5.74) is 8.61. The molecule has 1 heterocycles. The van der Waals surface area contributed by atoms with Gasteiger partial charge in [-0.15, -0.1) is 0 Å². The first-order valence-corrected chi connectivity index (χ1v) is 11.8. The van der Waals surface area contributed by atoms with Gasteiger partial charge in [-0.3, -0.25) is 4.55 Å². The van der Waals surface area contributed by atoms with E-state index in [0.29, 0.717) is 5.69 Å². The fraction of sp³-hybridized carbons (Fsp3) is 0. The molecule has 0 saturated heterocycles. The van der Waals surface area contributed by atoms with Crippen molar-refractivity contribution in [1.82, 2.24) is 8.75 Å². The Balaban J connectivity index is 0.000000186. The van der Waals surface area contributed by atoms with Gasteiger partial charge >= 0.3 is 0 Å². The van der Waals surface area contributed by atoms with Crippen molar-refractivity contribution in [2.24, 2.45) is 0 Å². The number of benzene rings is 3. The minimum Gasteiger partial charge on any atom is -0.399 e. The fourth-order valence-corrected chi connectivity index (χ4v) is 4.65. The highest BCUT2D eigenvalue weighted by atomic mass is 79.9. The number of nitrogens with one attached hydrogen (secondary N) is 1.